The molecule has 0 N–H and O–H groups in total. The van der Waals surface area contributed by atoms with E-state index < -0.39 is 8.07 Å². The van der Waals surface area contributed by atoms with Crippen LogP contribution in [-0.4, -0.2) is 8.07 Å². The van der Waals surface area contributed by atoms with Gasteiger partial charge in [0.2, 0.25) is 0 Å². The Morgan fingerprint density at radius 2 is 1.27 bits per heavy atom. The van der Waals surface area contributed by atoms with Crippen LogP contribution in [0.1, 0.15) is 39.5 Å². The molecule has 0 radical (unpaired) electrons. The van der Waals surface area contributed by atoms with Crippen molar-refractivity contribution in [3.63, 3.8) is 0 Å². The molecule has 1 heterocycles. The zero-order chi connectivity index (χ0) is 8.16. The van der Waals surface area contributed by atoms with Crippen molar-refractivity contribution in [3.05, 3.63) is 0 Å². The summed E-state index contributed by atoms with van der Waals surface area (Å²) in [5, 5.41) is 0. The Kier molecular flexibility index (Phi) is 3.63. The van der Waals surface area contributed by atoms with Gasteiger partial charge < -0.3 is 0 Å². The summed E-state index contributed by atoms with van der Waals surface area (Å²) in [6.45, 7) is 4.86. The van der Waals surface area contributed by atoms with Crippen LogP contribution in [0, 0.1) is 0 Å². The summed E-state index contributed by atoms with van der Waals surface area (Å²) >= 11 is 0. The SMILES string of the molecule is CC[Si]1(CC)CCCCCC1. The average Bonchev–Trinajstić information content (AvgIpc) is 2.30. The standard InChI is InChI=1S/C10H22Si/c1-3-11(4-2)9-7-5-6-8-10-11/h3-10H2,1-2H3. The summed E-state index contributed by atoms with van der Waals surface area (Å²) < 4.78 is 0. The minimum atomic E-state index is -0.681. The van der Waals surface area contributed by atoms with Gasteiger partial charge in [-0.1, -0.05) is 63.7 Å². The van der Waals surface area contributed by atoms with E-state index in [1.54, 1.807) is 37.0 Å². The number of hydrogen-bond donors (Lipinski definition) is 0. The van der Waals surface area contributed by atoms with Crippen LogP contribution >= 0.6 is 0 Å². The predicted octanol–water partition coefficient (Wildman–Crippen LogP) is 4.05. The molecule has 1 rings (SSSR count). The molecular weight excluding hydrogens is 148 g/mol. The largest absolute Gasteiger partial charge is 0.0678 e. The Labute approximate surface area is 72.4 Å². The minimum Gasteiger partial charge on any atom is -0.0678 e. The van der Waals surface area contributed by atoms with E-state index in [0.717, 1.165) is 0 Å². The predicted molar refractivity (Wildman–Crippen MR) is 54.8 cm³/mol. The summed E-state index contributed by atoms with van der Waals surface area (Å²) in [5.74, 6) is 0. The van der Waals surface area contributed by atoms with Gasteiger partial charge in [0.05, 0.1) is 8.07 Å². The molecule has 0 spiro atoms. The maximum Gasteiger partial charge on any atom is 0.0530 e. The molecule has 0 aromatic rings. The fraction of sp³-hybridized carbons (Fsp3) is 1.00. The van der Waals surface area contributed by atoms with Crippen LogP contribution in [0.15, 0.2) is 0 Å². The van der Waals surface area contributed by atoms with Gasteiger partial charge >= 0.3 is 0 Å². The molecule has 0 aromatic heterocycles. The molecule has 1 saturated heterocycles. The highest BCUT2D eigenvalue weighted by molar-refractivity contribution is 6.79. The fourth-order valence-corrected chi connectivity index (χ4v) is 6.60. The van der Waals surface area contributed by atoms with E-state index in [1.807, 2.05) is 0 Å². The second-order valence-corrected chi connectivity index (χ2v) is 9.54. The number of hydrogen-bond acceptors (Lipinski definition) is 0. The second kappa shape index (κ2) is 4.29. The lowest BCUT2D eigenvalue weighted by Crippen LogP contribution is -2.30. The Morgan fingerprint density at radius 3 is 1.64 bits per heavy atom. The first-order valence-electron chi connectivity index (χ1n) is 5.33. The van der Waals surface area contributed by atoms with Crippen molar-refractivity contribution in [2.45, 2.75) is 63.7 Å². The molecule has 0 amide bonds. The van der Waals surface area contributed by atoms with Crippen LogP contribution in [0.5, 0.6) is 0 Å². The van der Waals surface area contributed by atoms with Crippen molar-refractivity contribution in [2.75, 3.05) is 0 Å². The maximum absolute atomic E-state index is 2.43. The molecule has 0 aliphatic carbocycles. The third-order valence-electron chi connectivity index (χ3n) is 3.66. The first-order valence-corrected chi connectivity index (χ1v) is 8.16. The van der Waals surface area contributed by atoms with E-state index in [-0.39, 0.29) is 0 Å². The smallest absolute Gasteiger partial charge is 0.0530 e. The molecular formula is C10H22Si. The van der Waals surface area contributed by atoms with Crippen molar-refractivity contribution < 1.29 is 0 Å². The molecule has 1 fully saturated rings. The van der Waals surface area contributed by atoms with Crippen LogP contribution in [0.2, 0.25) is 24.2 Å². The van der Waals surface area contributed by atoms with E-state index in [0.29, 0.717) is 0 Å². The third kappa shape index (κ3) is 2.33. The first-order chi connectivity index (χ1) is 5.33. The Morgan fingerprint density at radius 1 is 0.818 bits per heavy atom. The second-order valence-electron chi connectivity index (χ2n) is 4.12. The van der Waals surface area contributed by atoms with Crippen molar-refractivity contribution in [1.29, 1.82) is 0 Å². The molecule has 1 heteroatoms. The van der Waals surface area contributed by atoms with Crippen molar-refractivity contribution >= 4 is 8.07 Å². The molecule has 1 aliphatic rings. The van der Waals surface area contributed by atoms with Gasteiger partial charge in [0.15, 0.2) is 0 Å². The highest BCUT2D eigenvalue weighted by Crippen LogP contribution is 2.33. The van der Waals surface area contributed by atoms with Gasteiger partial charge in [-0.2, -0.15) is 0 Å². The molecule has 1 aliphatic heterocycles. The summed E-state index contributed by atoms with van der Waals surface area (Å²) in [6, 6.07) is 6.37. The number of rotatable bonds is 2. The van der Waals surface area contributed by atoms with Crippen LogP contribution in [0.3, 0.4) is 0 Å². The van der Waals surface area contributed by atoms with Gasteiger partial charge in [-0.25, -0.2) is 0 Å². The van der Waals surface area contributed by atoms with Crippen molar-refractivity contribution in [3.8, 4) is 0 Å². The monoisotopic (exact) mass is 170 g/mol. The lowest BCUT2D eigenvalue weighted by atomic mass is 10.2. The topological polar surface area (TPSA) is 0 Å². The molecule has 0 unspecified atom stereocenters. The molecule has 0 nitrogen and oxygen atoms in total. The highest BCUT2D eigenvalue weighted by Gasteiger charge is 2.28. The Bertz CT molecular complexity index is 95.4. The van der Waals surface area contributed by atoms with Crippen LogP contribution < -0.4 is 0 Å². The van der Waals surface area contributed by atoms with Gasteiger partial charge in [0.1, 0.15) is 0 Å². The van der Waals surface area contributed by atoms with Gasteiger partial charge in [-0.3, -0.25) is 0 Å². The van der Waals surface area contributed by atoms with Crippen molar-refractivity contribution in [2.24, 2.45) is 0 Å². The minimum absolute atomic E-state index is 0.681. The lowest BCUT2D eigenvalue weighted by molar-refractivity contribution is 0.720. The highest BCUT2D eigenvalue weighted by atomic mass is 28.3. The normalized spacial score (nSPS) is 24.5. The van der Waals surface area contributed by atoms with E-state index in [2.05, 4.69) is 13.8 Å². The summed E-state index contributed by atoms with van der Waals surface area (Å²) in [7, 11) is -0.681. The van der Waals surface area contributed by atoms with Crippen LogP contribution in [-0.2, 0) is 0 Å². The van der Waals surface area contributed by atoms with E-state index in [1.165, 1.54) is 12.8 Å². The molecule has 0 saturated carbocycles. The molecule has 11 heavy (non-hydrogen) atoms. The maximum atomic E-state index is 2.43. The summed E-state index contributed by atoms with van der Waals surface area (Å²) in [5.41, 5.74) is 0. The first kappa shape index (κ1) is 9.31. The van der Waals surface area contributed by atoms with Gasteiger partial charge in [-0.15, -0.1) is 0 Å². The third-order valence-corrected chi connectivity index (χ3v) is 9.49. The molecule has 0 aromatic carbocycles. The average molecular weight is 170 g/mol. The van der Waals surface area contributed by atoms with Crippen LogP contribution in [0.4, 0.5) is 0 Å². The van der Waals surface area contributed by atoms with E-state index >= 15 is 0 Å². The zero-order valence-corrected chi connectivity index (χ0v) is 9.16. The summed E-state index contributed by atoms with van der Waals surface area (Å²) in [4.78, 5) is 0. The fourth-order valence-electron chi connectivity index (χ4n) is 2.44. The van der Waals surface area contributed by atoms with E-state index in [4.69, 9.17) is 0 Å². The molecule has 0 atom stereocenters. The summed E-state index contributed by atoms with van der Waals surface area (Å²) in [6.07, 6.45) is 6.14. The Balaban J connectivity index is 2.49. The molecule has 0 bridgehead atoms. The van der Waals surface area contributed by atoms with Gasteiger partial charge in [-0.05, 0) is 0 Å². The Hall–Kier alpha value is 0.217. The van der Waals surface area contributed by atoms with E-state index in [9.17, 15) is 0 Å². The van der Waals surface area contributed by atoms with Gasteiger partial charge in [0, 0.05) is 0 Å². The molecule has 66 valence electrons. The quantitative estimate of drug-likeness (QED) is 0.548. The van der Waals surface area contributed by atoms with Gasteiger partial charge in [0.25, 0.3) is 0 Å². The zero-order valence-electron chi connectivity index (χ0n) is 8.16. The lowest BCUT2D eigenvalue weighted by Gasteiger charge is -2.27. The van der Waals surface area contributed by atoms with Crippen molar-refractivity contribution in [1.82, 2.24) is 0 Å². The van der Waals surface area contributed by atoms with Crippen LogP contribution in [0.25, 0.3) is 0 Å².